The van der Waals surface area contributed by atoms with Crippen LogP contribution in [0, 0.1) is 12.7 Å². The first-order valence-corrected chi connectivity index (χ1v) is 10.0. The lowest BCUT2D eigenvalue weighted by molar-refractivity contribution is 0.223. The molecular weight excluding hydrogens is 413 g/mol. The third-order valence-electron chi connectivity index (χ3n) is 5.21. The van der Waals surface area contributed by atoms with Crippen LogP contribution in [0.5, 0.6) is 5.75 Å². The van der Waals surface area contributed by atoms with Gasteiger partial charge < -0.3 is 14.0 Å². The third kappa shape index (κ3) is 3.47. The quantitative estimate of drug-likeness (QED) is 0.494. The highest BCUT2D eigenvalue weighted by molar-refractivity contribution is 5.76. The number of rotatable bonds is 4. The Hall–Kier alpha value is -4.14. The summed E-state index contributed by atoms with van der Waals surface area (Å²) in [5.41, 5.74) is 2.68. The molecule has 8 nitrogen and oxygen atoms in total. The summed E-state index contributed by atoms with van der Waals surface area (Å²) < 4.78 is 29.8. The maximum atomic E-state index is 13.3. The highest BCUT2D eigenvalue weighted by Gasteiger charge is 2.23. The summed E-state index contributed by atoms with van der Waals surface area (Å²) in [7, 11) is 1.61. The molecule has 0 N–H and O–H groups in total. The molecule has 32 heavy (non-hydrogen) atoms. The van der Waals surface area contributed by atoms with Gasteiger partial charge in [-0.15, -0.1) is 0 Å². The van der Waals surface area contributed by atoms with E-state index in [0.717, 1.165) is 16.9 Å². The Labute approximate surface area is 182 Å². The van der Waals surface area contributed by atoms with Crippen LogP contribution in [-0.4, -0.2) is 37.6 Å². The van der Waals surface area contributed by atoms with E-state index in [1.807, 2.05) is 42.0 Å². The van der Waals surface area contributed by atoms with Gasteiger partial charge in [0, 0.05) is 6.20 Å². The standard InChI is InChI=1S/C23H20FN5O3/c1-15-13-27(14-25-15)19-8-3-16(11-20(19)31-2)12-21-22-26-23(30)29(28(22)9-10-32-21)18-6-4-17(24)5-7-18/h3-8,11-14H,9-10H2,1-2H3. The van der Waals surface area contributed by atoms with Crippen molar-refractivity contribution in [3.8, 4) is 17.1 Å². The normalized spacial score (nSPS) is 14.3. The molecule has 0 aliphatic carbocycles. The zero-order chi connectivity index (χ0) is 22.2. The lowest BCUT2D eigenvalue weighted by Crippen LogP contribution is -2.25. The summed E-state index contributed by atoms with van der Waals surface area (Å²) in [6.45, 7) is 2.74. The van der Waals surface area contributed by atoms with E-state index in [4.69, 9.17) is 9.47 Å². The number of fused-ring (bicyclic) bond motifs is 1. The summed E-state index contributed by atoms with van der Waals surface area (Å²) >= 11 is 0. The van der Waals surface area contributed by atoms with Gasteiger partial charge in [-0.25, -0.2) is 14.2 Å². The highest BCUT2D eigenvalue weighted by atomic mass is 19.1. The van der Waals surface area contributed by atoms with Crippen LogP contribution >= 0.6 is 0 Å². The number of imidazole rings is 1. The van der Waals surface area contributed by atoms with Gasteiger partial charge in [0.05, 0.1) is 37.1 Å². The van der Waals surface area contributed by atoms with Gasteiger partial charge in [0.15, 0.2) is 11.6 Å². The second-order valence-corrected chi connectivity index (χ2v) is 7.34. The molecule has 0 atom stereocenters. The van der Waals surface area contributed by atoms with Crippen molar-refractivity contribution in [1.29, 1.82) is 0 Å². The van der Waals surface area contributed by atoms with Crippen molar-refractivity contribution in [2.24, 2.45) is 0 Å². The van der Waals surface area contributed by atoms with Crippen LogP contribution in [0.25, 0.3) is 23.2 Å². The van der Waals surface area contributed by atoms with E-state index in [1.165, 1.54) is 16.8 Å². The fourth-order valence-corrected chi connectivity index (χ4v) is 3.73. The van der Waals surface area contributed by atoms with E-state index in [1.54, 1.807) is 30.3 Å². The molecule has 5 rings (SSSR count). The third-order valence-corrected chi connectivity index (χ3v) is 5.21. The summed E-state index contributed by atoms with van der Waals surface area (Å²) in [4.78, 5) is 21.1. The van der Waals surface area contributed by atoms with Gasteiger partial charge in [0.25, 0.3) is 0 Å². The summed E-state index contributed by atoms with van der Waals surface area (Å²) in [5, 5.41) is 0. The molecule has 2 aromatic heterocycles. The van der Waals surface area contributed by atoms with Gasteiger partial charge in [-0.2, -0.15) is 9.67 Å². The van der Waals surface area contributed by atoms with Crippen molar-refractivity contribution in [2.75, 3.05) is 13.7 Å². The zero-order valence-corrected chi connectivity index (χ0v) is 17.5. The van der Waals surface area contributed by atoms with Crippen molar-refractivity contribution >= 4 is 11.8 Å². The fraction of sp³-hybridized carbons (Fsp3) is 0.174. The number of methoxy groups -OCH3 is 1. The number of halogens is 1. The molecule has 162 valence electrons. The van der Waals surface area contributed by atoms with E-state index >= 15 is 0 Å². The largest absolute Gasteiger partial charge is 0.495 e. The molecule has 1 aliphatic rings. The first-order valence-electron chi connectivity index (χ1n) is 10.0. The number of nitrogens with zero attached hydrogens (tertiary/aromatic N) is 5. The number of hydrogen-bond acceptors (Lipinski definition) is 5. The van der Waals surface area contributed by atoms with Crippen molar-refractivity contribution in [3.63, 3.8) is 0 Å². The van der Waals surface area contributed by atoms with Crippen LogP contribution in [-0.2, 0) is 11.3 Å². The maximum absolute atomic E-state index is 13.3. The van der Waals surface area contributed by atoms with Crippen LogP contribution in [0.2, 0.25) is 0 Å². The SMILES string of the molecule is COc1cc(C=C2OCCn3c2nc(=O)n3-c2ccc(F)cc2)ccc1-n1cnc(C)c1. The van der Waals surface area contributed by atoms with Crippen LogP contribution in [0.1, 0.15) is 17.1 Å². The van der Waals surface area contributed by atoms with Gasteiger partial charge in [0.1, 0.15) is 18.2 Å². The van der Waals surface area contributed by atoms with E-state index in [0.29, 0.717) is 36.2 Å². The number of aromatic nitrogens is 5. The molecular formula is C23H20FN5O3. The molecule has 0 fully saturated rings. The van der Waals surface area contributed by atoms with Crippen molar-refractivity contribution < 1.29 is 13.9 Å². The summed E-state index contributed by atoms with van der Waals surface area (Å²) in [6, 6.07) is 11.5. The Bertz CT molecular complexity index is 1380. The van der Waals surface area contributed by atoms with Gasteiger partial charge >= 0.3 is 5.69 Å². The Kier molecular flexibility index (Phi) is 4.85. The smallest absolute Gasteiger partial charge is 0.369 e. The van der Waals surface area contributed by atoms with E-state index in [-0.39, 0.29) is 5.82 Å². The van der Waals surface area contributed by atoms with Crippen molar-refractivity contribution in [2.45, 2.75) is 13.5 Å². The molecule has 0 spiro atoms. The van der Waals surface area contributed by atoms with E-state index < -0.39 is 5.69 Å². The summed E-state index contributed by atoms with van der Waals surface area (Å²) in [5.74, 6) is 1.19. The Morgan fingerprint density at radius 1 is 1.19 bits per heavy atom. The first-order chi connectivity index (χ1) is 15.5. The van der Waals surface area contributed by atoms with Crippen LogP contribution in [0.4, 0.5) is 4.39 Å². The number of benzene rings is 2. The lowest BCUT2D eigenvalue weighted by Gasteiger charge is -2.20. The van der Waals surface area contributed by atoms with Gasteiger partial charge in [-0.1, -0.05) is 6.07 Å². The Morgan fingerprint density at radius 2 is 2.00 bits per heavy atom. The van der Waals surface area contributed by atoms with Crippen LogP contribution in [0.3, 0.4) is 0 Å². The second kappa shape index (κ2) is 7.84. The molecule has 0 bridgehead atoms. The molecule has 3 heterocycles. The predicted molar refractivity (Wildman–Crippen MR) is 116 cm³/mol. The van der Waals surface area contributed by atoms with E-state index in [9.17, 15) is 9.18 Å². The average Bonchev–Trinajstić information content (AvgIpc) is 3.37. The monoisotopic (exact) mass is 433 g/mol. The topological polar surface area (TPSA) is 76.1 Å². The van der Waals surface area contributed by atoms with Crippen molar-refractivity contribution in [1.82, 2.24) is 23.9 Å². The second-order valence-electron chi connectivity index (χ2n) is 7.34. The molecule has 4 aromatic rings. The Morgan fingerprint density at radius 3 is 2.72 bits per heavy atom. The minimum absolute atomic E-state index is 0.368. The van der Waals surface area contributed by atoms with Crippen molar-refractivity contribution in [3.05, 3.63) is 88.4 Å². The number of aryl methyl sites for hydroxylation is 1. The molecule has 0 radical (unpaired) electrons. The summed E-state index contributed by atoms with van der Waals surface area (Å²) in [6.07, 6.45) is 5.47. The number of ether oxygens (including phenoxy) is 2. The molecule has 0 saturated carbocycles. The molecule has 1 aliphatic heterocycles. The fourth-order valence-electron chi connectivity index (χ4n) is 3.73. The van der Waals surface area contributed by atoms with Gasteiger partial charge in [-0.05, 0) is 55.0 Å². The molecule has 0 unspecified atom stereocenters. The lowest BCUT2D eigenvalue weighted by atomic mass is 10.1. The molecule has 0 amide bonds. The maximum Gasteiger partial charge on any atom is 0.369 e. The minimum Gasteiger partial charge on any atom is -0.495 e. The zero-order valence-electron chi connectivity index (χ0n) is 17.5. The predicted octanol–water partition coefficient (Wildman–Crippen LogP) is 3.20. The first kappa shape index (κ1) is 19.8. The molecule has 9 heteroatoms. The van der Waals surface area contributed by atoms with Gasteiger partial charge in [0.2, 0.25) is 0 Å². The molecule has 0 saturated heterocycles. The Balaban J connectivity index is 1.55. The average molecular weight is 433 g/mol. The van der Waals surface area contributed by atoms with Crippen LogP contribution < -0.4 is 10.4 Å². The van der Waals surface area contributed by atoms with E-state index in [2.05, 4.69) is 9.97 Å². The van der Waals surface area contributed by atoms with Gasteiger partial charge in [-0.3, -0.25) is 4.68 Å². The molecule has 2 aromatic carbocycles. The minimum atomic E-state index is -0.452. The van der Waals surface area contributed by atoms with Crippen LogP contribution in [0.15, 0.2) is 59.8 Å². The highest BCUT2D eigenvalue weighted by Crippen LogP contribution is 2.28. The number of hydrogen-bond donors (Lipinski definition) is 0.